The summed E-state index contributed by atoms with van der Waals surface area (Å²) in [6, 6.07) is 0. The highest BCUT2D eigenvalue weighted by atomic mass is 35.5. The minimum absolute atomic E-state index is 0.00316. The van der Waals surface area contributed by atoms with Gasteiger partial charge in [-0.05, 0) is 0 Å². The largest absolute Gasteiger partial charge is 0.696 e. The summed E-state index contributed by atoms with van der Waals surface area (Å²) in [7, 11) is -2.61. The minimum atomic E-state index is -2.61. The van der Waals surface area contributed by atoms with E-state index < -0.39 is 13.8 Å². The SMILES string of the molecule is O=[P+](O)OC(Cl)CCl. The second kappa shape index (κ2) is 4.48. The Morgan fingerprint density at radius 3 is 2.50 bits per heavy atom. The number of hydrogen-bond donors (Lipinski definition) is 1. The molecule has 6 heteroatoms. The van der Waals surface area contributed by atoms with Gasteiger partial charge in [-0.1, -0.05) is 16.1 Å². The standard InChI is InChI=1S/C2H3Cl2O3P/c3-1-2(4)7-8(5)6/h2H,1H2/p+1. The van der Waals surface area contributed by atoms with Crippen LogP contribution in [0.15, 0.2) is 0 Å². The van der Waals surface area contributed by atoms with Gasteiger partial charge in [-0.3, -0.25) is 0 Å². The van der Waals surface area contributed by atoms with E-state index in [4.69, 9.17) is 28.1 Å². The lowest BCUT2D eigenvalue weighted by molar-refractivity contribution is 0.271. The first kappa shape index (κ1) is 8.60. The van der Waals surface area contributed by atoms with E-state index in [1.54, 1.807) is 0 Å². The van der Waals surface area contributed by atoms with Crippen molar-refractivity contribution in [3.63, 3.8) is 0 Å². The molecule has 0 bridgehead atoms. The third-order valence-electron chi connectivity index (χ3n) is 0.326. The Morgan fingerprint density at radius 1 is 1.88 bits per heavy atom. The van der Waals surface area contributed by atoms with Crippen molar-refractivity contribution < 1.29 is 14.0 Å². The number of hydrogen-bond acceptors (Lipinski definition) is 2. The molecule has 0 saturated heterocycles. The number of rotatable bonds is 3. The van der Waals surface area contributed by atoms with Gasteiger partial charge in [0.25, 0.3) is 0 Å². The van der Waals surface area contributed by atoms with Crippen LogP contribution in [0.1, 0.15) is 0 Å². The predicted molar refractivity (Wildman–Crippen MR) is 31.3 cm³/mol. The van der Waals surface area contributed by atoms with Gasteiger partial charge < -0.3 is 0 Å². The molecule has 0 aliphatic carbocycles. The van der Waals surface area contributed by atoms with Gasteiger partial charge in [-0.2, -0.15) is 0 Å². The summed E-state index contributed by atoms with van der Waals surface area (Å²) in [5, 5.41) is 0. The quantitative estimate of drug-likeness (QED) is 0.525. The summed E-state index contributed by atoms with van der Waals surface area (Å²) in [6.07, 6.45) is 0. The van der Waals surface area contributed by atoms with Gasteiger partial charge in [-0.15, -0.1) is 16.5 Å². The first-order valence-electron chi connectivity index (χ1n) is 1.69. The van der Waals surface area contributed by atoms with Crippen LogP contribution in [-0.2, 0) is 9.09 Å². The summed E-state index contributed by atoms with van der Waals surface area (Å²) in [5.74, 6) is 0.00316. The van der Waals surface area contributed by atoms with Crippen LogP contribution in [0.25, 0.3) is 0 Å². The molecule has 0 heterocycles. The maximum absolute atomic E-state index is 9.75. The van der Waals surface area contributed by atoms with Crippen LogP contribution < -0.4 is 0 Å². The van der Waals surface area contributed by atoms with Crippen molar-refractivity contribution in [1.82, 2.24) is 0 Å². The predicted octanol–water partition coefficient (Wildman–Crippen LogP) is 1.46. The molecule has 48 valence electrons. The van der Waals surface area contributed by atoms with E-state index in [2.05, 4.69) is 4.52 Å². The average Bonchev–Trinajstić information content (AvgIpc) is 1.65. The molecule has 0 amide bonds. The molecule has 0 radical (unpaired) electrons. The molecule has 3 nitrogen and oxygen atoms in total. The fourth-order valence-electron chi connectivity index (χ4n) is 0.126. The molecule has 2 atom stereocenters. The second-order valence-corrected chi connectivity index (χ2v) is 2.39. The Balaban J connectivity index is 3.24. The highest BCUT2D eigenvalue weighted by Gasteiger charge is 2.18. The molecular weight excluding hydrogens is 174 g/mol. The molecular formula is C2H4Cl2O3P+. The van der Waals surface area contributed by atoms with Crippen LogP contribution in [0.2, 0.25) is 0 Å². The summed E-state index contributed by atoms with van der Waals surface area (Å²) in [4.78, 5) is 8.00. The Hall–Kier alpha value is 0.600. The van der Waals surface area contributed by atoms with E-state index in [9.17, 15) is 4.57 Å². The van der Waals surface area contributed by atoms with Gasteiger partial charge >= 0.3 is 8.25 Å². The zero-order valence-corrected chi connectivity index (χ0v) is 6.16. The molecule has 0 aliphatic heterocycles. The maximum atomic E-state index is 9.75. The summed E-state index contributed by atoms with van der Waals surface area (Å²) in [6.45, 7) is 0. The maximum Gasteiger partial charge on any atom is 0.696 e. The van der Waals surface area contributed by atoms with Crippen LogP contribution >= 0.6 is 31.5 Å². The molecule has 8 heavy (non-hydrogen) atoms. The highest BCUT2D eigenvalue weighted by molar-refractivity contribution is 7.32. The Bertz CT molecular complexity index is 87.4. The Morgan fingerprint density at radius 2 is 2.38 bits per heavy atom. The van der Waals surface area contributed by atoms with Crippen molar-refractivity contribution in [1.29, 1.82) is 0 Å². The lowest BCUT2D eigenvalue weighted by atomic mass is 10.9. The van der Waals surface area contributed by atoms with Gasteiger partial charge in [0.15, 0.2) is 0 Å². The topological polar surface area (TPSA) is 46.5 Å². The van der Waals surface area contributed by atoms with Gasteiger partial charge in [0, 0.05) is 4.57 Å². The number of halogens is 2. The minimum Gasteiger partial charge on any atom is -0.133 e. The highest BCUT2D eigenvalue weighted by Crippen LogP contribution is 2.20. The average molecular weight is 178 g/mol. The summed E-state index contributed by atoms with van der Waals surface area (Å²) < 4.78 is 13.8. The molecule has 0 aromatic heterocycles. The van der Waals surface area contributed by atoms with E-state index >= 15 is 0 Å². The summed E-state index contributed by atoms with van der Waals surface area (Å²) >= 11 is 10.3. The third kappa shape index (κ3) is 4.75. The Labute approximate surface area is 57.5 Å². The second-order valence-electron chi connectivity index (χ2n) is 0.908. The smallest absolute Gasteiger partial charge is 0.133 e. The van der Waals surface area contributed by atoms with Crippen LogP contribution in [-0.4, -0.2) is 16.3 Å². The fraction of sp³-hybridized carbons (Fsp3) is 1.00. The molecule has 1 N–H and O–H groups in total. The lowest BCUT2D eigenvalue weighted by Crippen LogP contribution is -1.99. The van der Waals surface area contributed by atoms with Crippen LogP contribution in [0, 0.1) is 0 Å². The molecule has 0 aromatic carbocycles. The molecule has 0 saturated carbocycles. The normalized spacial score (nSPS) is 15.6. The molecule has 0 spiro atoms. The van der Waals surface area contributed by atoms with Crippen molar-refractivity contribution in [2.45, 2.75) is 5.56 Å². The van der Waals surface area contributed by atoms with Crippen molar-refractivity contribution in [2.24, 2.45) is 0 Å². The zero-order valence-electron chi connectivity index (χ0n) is 3.75. The van der Waals surface area contributed by atoms with Gasteiger partial charge in [0.1, 0.15) is 0 Å². The fourth-order valence-corrected chi connectivity index (χ4v) is 0.752. The third-order valence-corrected chi connectivity index (χ3v) is 1.57. The molecule has 0 aliphatic rings. The zero-order chi connectivity index (χ0) is 6.57. The molecule has 0 aromatic rings. The first-order valence-corrected chi connectivity index (χ1v) is 3.80. The van der Waals surface area contributed by atoms with E-state index in [-0.39, 0.29) is 5.88 Å². The van der Waals surface area contributed by atoms with Crippen molar-refractivity contribution in [3.8, 4) is 0 Å². The summed E-state index contributed by atoms with van der Waals surface area (Å²) in [5.41, 5.74) is -0.870. The van der Waals surface area contributed by atoms with Crippen LogP contribution in [0.5, 0.6) is 0 Å². The van der Waals surface area contributed by atoms with E-state index in [1.165, 1.54) is 0 Å². The molecule has 2 unspecified atom stereocenters. The van der Waals surface area contributed by atoms with Crippen molar-refractivity contribution in [3.05, 3.63) is 0 Å². The van der Waals surface area contributed by atoms with Crippen molar-refractivity contribution in [2.75, 3.05) is 5.88 Å². The van der Waals surface area contributed by atoms with Gasteiger partial charge in [-0.25, -0.2) is 0 Å². The molecule has 0 fully saturated rings. The lowest BCUT2D eigenvalue weighted by Gasteiger charge is -1.89. The van der Waals surface area contributed by atoms with Crippen LogP contribution in [0.3, 0.4) is 0 Å². The van der Waals surface area contributed by atoms with E-state index in [0.717, 1.165) is 0 Å². The number of alkyl halides is 2. The first-order chi connectivity index (χ1) is 3.66. The van der Waals surface area contributed by atoms with E-state index in [1.807, 2.05) is 0 Å². The van der Waals surface area contributed by atoms with Crippen molar-refractivity contribution >= 4 is 31.5 Å². The van der Waals surface area contributed by atoms with Crippen LogP contribution in [0.4, 0.5) is 0 Å². The van der Waals surface area contributed by atoms with Gasteiger partial charge in [0.05, 0.1) is 5.88 Å². The van der Waals surface area contributed by atoms with E-state index in [0.29, 0.717) is 0 Å². The molecule has 0 rings (SSSR count). The Kier molecular flexibility index (Phi) is 4.81. The monoisotopic (exact) mass is 177 g/mol. The van der Waals surface area contributed by atoms with Gasteiger partial charge in [0.2, 0.25) is 5.56 Å².